The van der Waals surface area contributed by atoms with Crippen LogP contribution in [0.1, 0.15) is 44.1 Å². The molecule has 1 aromatic carbocycles. The van der Waals surface area contributed by atoms with Crippen molar-refractivity contribution in [1.82, 2.24) is 10.2 Å². The molecule has 1 aliphatic heterocycles. The third-order valence-electron chi connectivity index (χ3n) is 5.86. The topological polar surface area (TPSA) is 162 Å². The minimum atomic E-state index is -1.61. The zero-order valence-corrected chi connectivity index (χ0v) is 17.0. The summed E-state index contributed by atoms with van der Waals surface area (Å²) in [6.07, 6.45) is 3.85. The second-order valence-corrected chi connectivity index (χ2v) is 7.88. The summed E-state index contributed by atoms with van der Waals surface area (Å²) in [5, 5.41) is 20.1. The molecule has 1 unspecified atom stereocenters. The number of aliphatic carboxylic acids is 2. The van der Waals surface area contributed by atoms with Gasteiger partial charge in [0.05, 0.1) is 6.42 Å². The summed E-state index contributed by atoms with van der Waals surface area (Å²) in [7, 11) is 0. The van der Waals surface area contributed by atoms with Crippen molar-refractivity contribution in [1.29, 1.82) is 0 Å². The number of benzene rings is 1. The smallest absolute Gasteiger partial charge is 0.326 e. The van der Waals surface area contributed by atoms with E-state index in [4.69, 9.17) is 15.9 Å². The van der Waals surface area contributed by atoms with E-state index in [1.165, 1.54) is 0 Å². The standard InChI is InChI=1S/C21H26N4O6/c22-20-24-21(13-7-3-1-4-8-13,14-9-5-2-6-10-14)19(31)25(20)12-16(26)23-15(18(29)30)11-17(27)28/h1,3-4,7-8,14-15H,2,5-6,9-12H2,(H2,22,24)(H,23,26)(H,27,28)(H,29,30)/t15-,21?/m1/s1. The Morgan fingerprint density at radius 1 is 1.16 bits per heavy atom. The Hall–Kier alpha value is -3.43. The van der Waals surface area contributed by atoms with Crippen LogP contribution < -0.4 is 11.1 Å². The molecule has 1 aliphatic carbocycles. The van der Waals surface area contributed by atoms with Gasteiger partial charge in [-0.15, -0.1) is 0 Å². The Labute approximate surface area is 179 Å². The Kier molecular flexibility index (Phi) is 6.57. The quantitative estimate of drug-likeness (QED) is 0.471. The highest BCUT2D eigenvalue weighted by atomic mass is 16.4. The van der Waals surface area contributed by atoms with E-state index in [-0.39, 0.29) is 11.9 Å². The predicted octanol–water partition coefficient (Wildman–Crippen LogP) is 0.663. The first-order valence-electron chi connectivity index (χ1n) is 10.2. The molecule has 10 nitrogen and oxygen atoms in total. The summed E-state index contributed by atoms with van der Waals surface area (Å²) in [6, 6.07) is 7.50. The van der Waals surface area contributed by atoms with E-state index in [2.05, 4.69) is 10.3 Å². The number of carbonyl (C=O) groups is 4. The van der Waals surface area contributed by atoms with Gasteiger partial charge in [0.15, 0.2) is 11.5 Å². The Morgan fingerprint density at radius 3 is 2.39 bits per heavy atom. The largest absolute Gasteiger partial charge is 0.481 e. The molecular formula is C21H26N4O6. The molecule has 31 heavy (non-hydrogen) atoms. The lowest BCUT2D eigenvalue weighted by Gasteiger charge is -2.36. The minimum Gasteiger partial charge on any atom is -0.481 e. The van der Waals surface area contributed by atoms with Gasteiger partial charge < -0.3 is 21.3 Å². The number of nitrogens with zero attached hydrogens (tertiary/aromatic N) is 2. The summed E-state index contributed by atoms with van der Waals surface area (Å²) >= 11 is 0. The molecular weight excluding hydrogens is 404 g/mol. The van der Waals surface area contributed by atoms with Gasteiger partial charge in [0, 0.05) is 0 Å². The normalized spacial score (nSPS) is 22.6. The fraction of sp³-hybridized carbons (Fsp3) is 0.476. The Morgan fingerprint density at radius 2 is 1.81 bits per heavy atom. The lowest BCUT2D eigenvalue weighted by atomic mass is 9.71. The zero-order chi connectivity index (χ0) is 22.6. The SMILES string of the molecule is NC1=NC(c2ccccc2)(C2CCCCC2)C(=O)N1CC(=O)N[C@H](CC(=O)O)C(=O)O. The van der Waals surface area contributed by atoms with Crippen LogP contribution in [-0.4, -0.2) is 57.4 Å². The van der Waals surface area contributed by atoms with Crippen molar-refractivity contribution >= 4 is 29.7 Å². The number of nitrogens with two attached hydrogens (primary N) is 1. The van der Waals surface area contributed by atoms with Gasteiger partial charge in [0.25, 0.3) is 5.91 Å². The van der Waals surface area contributed by atoms with Gasteiger partial charge in [0.2, 0.25) is 5.91 Å². The highest BCUT2D eigenvalue weighted by molar-refractivity contribution is 6.09. The van der Waals surface area contributed by atoms with Crippen molar-refractivity contribution < 1.29 is 29.4 Å². The first kappa shape index (κ1) is 22.3. The number of hydrogen-bond donors (Lipinski definition) is 4. The molecule has 1 aromatic rings. The summed E-state index contributed by atoms with van der Waals surface area (Å²) in [5.41, 5.74) is 5.55. The maximum absolute atomic E-state index is 13.6. The first-order valence-corrected chi connectivity index (χ1v) is 10.2. The molecule has 10 heteroatoms. The molecule has 0 saturated heterocycles. The first-order chi connectivity index (χ1) is 14.8. The number of carboxylic acid groups (broad SMARTS) is 2. The summed E-state index contributed by atoms with van der Waals surface area (Å²) in [4.78, 5) is 53.7. The molecule has 0 radical (unpaired) electrons. The molecule has 166 valence electrons. The summed E-state index contributed by atoms with van der Waals surface area (Å²) < 4.78 is 0. The van der Waals surface area contributed by atoms with Crippen molar-refractivity contribution in [3.8, 4) is 0 Å². The monoisotopic (exact) mass is 430 g/mol. The highest BCUT2D eigenvalue weighted by Crippen LogP contribution is 2.46. The van der Waals surface area contributed by atoms with Crippen LogP contribution in [0, 0.1) is 5.92 Å². The van der Waals surface area contributed by atoms with Crippen LogP contribution in [-0.2, 0) is 24.7 Å². The molecule has 0 aromatic heterocycles. The fourth-order valence-electron chi connectivity index (χ4n) is 4.41. The van der Waals surface area contributed by atoms with Gasteiger partial charge >= 0.3 is 11.9 Å². The van der Waals surface area contributed by atoms with Gasteiger partial charge in [-0.05, 0) is 24.3 Å². The highest BCUT2D eigenvalue weighted by Gasteiger charge is 2.54. The molecule has 1 saturated carbocycles. The van der Waals surface area contributed by atoms with Crippen LogP contribution in [0.2, 0.25) is 0 Å². The van der Waals surface area contributed by atoms with Crippen molar-refractivity contribution in [3.05, 3.63) is 35.9 Å². The van der Waals surface area contributed by atoms with Crippen LogP contribution in [0.4, 0.5) is 0 Å². The number of hydrogen-bond acceptors (Lipinski definition) is 6. The van der Waals surface area contributed by atoms with Crippen LogP contribution >= 0.6 is 0 Å². The molecule has 3 rings (SSSR count). The summed E-state index contributed by atoms with van der Waals surface area (Å²) in [5.74, 6) is -4.28. The third kappa shape index (κ3) is 4.52. The van der Waals surface area contributed by atoms with Crippen LogP contribution in [0.5, 0.6) is 0 Å². The number of nitrogens with one attached hydrogen (secondary N) is 1. The number of carbonyl (C=O) groups excluding carboxylic acids is 2. The maximum atomic E-state index is 13.6. The molecule has 1 heterocycles. The van der Waals surface area contributed by atoms with Gasteiger partial charge in [-0.25, -0.2) is 9.79 Å². The molecule has 0 bridgehead atoms. The van der Waals surface area contributed by atoms with E-state index < -0.39 is 48.3 Å². The van der Waals surface area contributed by atoms with Crippen LogP contribution in [0.15, 0.2) is 35.3 Å². The number of carboxylic acids is 2. The lowest BCUT2D eigenvalue weighted by Crippen LogP contribution is -2.52. The maximum Gasteiger partial charge on any atom is 0.326 e. The molecule has 2 atom stereocenters. The third-order valence-corrected chi connectivity index (χ3v) is 5.86. The van der Waals surface area contributed by atoms with Crippen molar-refractivity contribution in [2.75, 3.05) is 6.54 Å². The molecule has 1 fully saturated rings. The van der Waals surface area contributed by atoms with E-state index in [0.717, 1.165) is 37.0 Å². The second-order valence-electron chi connectivity index (χ2n) is 7.88. The molecule has 5 N–H and O–H groups in total. The van der Waals surface area contributed by atoms with Crippen molar-refractivity contribution in [3.63, 3.8) is 0 Å². The molecule has 2 amide bonds. The van der Waals surface area contributed by atoms with Crippen LogP contribution in [0.3, 0.4) is 0 Å². The zero-order valence-electron chi connectivity index (χ0n) is 17.0. The molecule has 2 aliphatic rings. The average molecular weight is 430 g/mol. The Balaban J connectivity index is 1.85. The second kappa shape index (κ2) is 9.15. The molecule has 0 spiro atoms. The average Bonchev–Trinajstić information content (AvgIpc) is 2.99. The lowest BCUT2D eigenvalue weighted by molar-refractivity contribution is -0.147. The van der Waals surface area contributed by atoms with E-state index in [1.54, 1.807) is 0 Å². The van der Waals surface area contributed by atoms with Crippen molar-refractivity contribution in [2.45, 2.75) is 50.1 Å². The minimum absolute atomic E-state index is 0.0680. The van der Waals surface area contributed by atoms with Gasteiger partial charge in [-0.2, -0.15) is 0 Å². The fourth-order valence-corrected chi connectivity index (χ4v) is 4.41. The number of amides is 2. The van der Waals surface area contributed by atoms with E-state index in [9.17, 15) is 19.2 Å². The van der Waals surface area contributed by atoms with Gasteiger partial charge in [-0.3, -0.25) is 19.3 Å². The predicted molar refractivity (Wildman–Crippen MR) is 110 cm³/mol. The van der Waals surface area contributed by atoms with E-state index in [1.807, 2.05) is 30.3 Å². The summed E-state index contributed by atoms with van der Waals surface area (Å²) in [6.45, 7) is -0.543. The van der Waals surface area contributed by atoms with E-state index >= 15 is 0 Å². The van der Waals surface area contributed by atoms with Gasteiger partial charge in [-0.1, -0.05) is 49.6 Å². The van der Waals surface area contributed by atoms with E-state index in [0.29, 0.717) is 5.56 Å². The number of aliphatic imine (C=N–C) groups is 1. The van der Waals surface area contributed by atoms with Crippen molar-refractivity contribution in [2.24, 2.45) is 16.6 Å². The van der Waals surface area contributed by atoms with Crippen LogP contribution in [0.25, 0.3) is 0 Å². The number of rotatable bonds is 8. The van der Waals surface area contributed by atoms with Gasteiger partial charge in [0.1, 0.15) is 12.6 Å². The number of guanidine groups is 1. The Bertz CT molecular complexity index is 896.